The van der Waals surface area contributed by atoms with Crippen molar-refractivity contribution >= 4 is 16.9 Å². The molecule has 0 fully saturated rings. The summed E-state index contributed by atoms with van der Waals surface area (Å²) in [6, 6.07) is 10.4. The van der Waals surface area contributed by atoms with Crippen LogP contribution >= 0.6 is 0 Å². The molecule has 0 saturated carbocycles. The summed E-state index contributed by atoms with van der Waals surface area (Å²) in [5, 5.41) is 0. The fraction of sp³-hybridized carbons (Fsp3) is 0.536. The van der Waals surface area contributed by atoms with E-state index in [1.165, 1.54) is 11.1 Å². The molecule has 0 N–H and O–H groups in total. The molecule has 2 atom stereocenters. The first-order chi connectivity index (χ1) is 17.1. The molecule has 198 valence electrons. The van der Waals surface area contributed by atoms with Gasteiger partial charge in [-0.2, -0.15) is 0 Å². The van der Waals surface area contributed by atoms with Crippen molar-refractivity contribution in [1.82, 2.24) is 14.1 Å². The van der Waals surface area contributed by atoms with E-state index in [1.54, 1.807) is 23.4 Å². The summed E-state index contributed by atoms with van der Waals surface area (Å²) in [7, 11) is 6.09. The van der Waals surface area contributed by atoms with Gasteiger partial charge in [0, 0.05) is 33.7 Å². The molecule has 1 aliphatic heterocycles. The highest BCUT2D eigenvalue weighted by atomic mass is 32.2. The van der Waals surface area contributed by atoms with Crippen molar-refractivity contribution in [3.8, 4) is 5.75 Å². The Labute approximate surface area is 218 Å². The molecule has 1 amide bonds. The first-order valence-electron chi connectivity index (χ1n) is 12.5. The number of ether oxygens (including phenoxy) is 2. The summed E-state index contributed by atoms with van der Waals surface area (Å²) in [4.78, 5) is 17.7. The maximum Gasteiger partial charge on any atom is 0.248 e. The quantitative estimate of drug-likeness (QED) is 0.453. The third kappa shape index (κ3) is 6.94. The van der Waals surface area contributed by atoms with E-state index in [0.29, 0.717) is 13.2 Å². The van der Waals surface area contributed by atoms with Crippen molar-refractivity contribution in [2.24, 2.45) is 0 Å². The van der Waals surface area contributed by atoms with Gasteiger partial charge in [0.2, 0.25) is 5.91 Å². The molecule has 0 radical (unpaired) electrons. The van der Waals surface area contributed by atoms with Gasteiger partial charge in [-0.25, -0.2) is 8.51 Å². The summed E-state index contributed by atoms with van der Waals surface area (Å²) in [5.41, 5.74) is 5.80. The summed E-state index contributed by atoms with van der Waals surface area (Å²) >= 11 is 0. The lowest BCUT2D eigenvalue weighted by Gasteiger charge is -2.26. The zero-order chi connectivity index (χ0) is 26.4. The zero-order valence-electron chi connectivity index (χ0n) is 22.8. The molecule has 0 aliphatic carbocycles. The Balaban J connectivity index is 1.49. The largest absolute Gasteiger partial charge is 0.497 e. The molecule has 2 aromatic rings. The summed E-state index contributed by atoms with van der Waals surface area (Å²) in [6.45, 7) is 8.83. The number of fused-ring (bicyclic) bond motifs is 1. The minimum Gasteiger partial charge on any atom is -0.497 e. The van der Waals surface area contributed by atoms with Crippen LogP contribution in [0, 0.1) is 13.8 Å². The number of carbonyl (C=O) groups is 1. The number of carbonyl (C=O) groups excluding carboxylic acids is 1. The van der Waals surface area contributed by atoms with Crippen molar-refractivity contribution in [3.63, 3.8) is 0 Å². The molecule has 1 aliphatic rings. The van der Waals surface area contributed by atoms with E-state index in [4.69, 9.17) is 9.47 Å². The van der Waals surface area contributed by atoms with E-state index < -0.39 is 11.0 Å². The lowest BCUT2D eigenvalue weighted by Crippen LogP contribution is -2.34. The van der Waals surface area contributed by atoms with Gasteiger partial charge in [-0.1, -0.05) is 18.2 Å². The normalized spacial score (nSPS) is 15.8. The molecular formula is C28H41N3O4S. The van der Waals surface area contributed by atoms with Crippen molar-refractivity contribution in [1.29, 1.82) is 0 Å². The summed E-state index contributed by atoms with van der Waals surface area (Å²) < 4.78 is 25.8. The summed E-state index contributed by atoms with van der Waals surface area (Å²) in [6.07, 6.45) is 2.11. The molecular weight excluding hydrogens is 474 g/mol. The standard InChI is InChI=1S/C28H41N3O4S/c1-20-16-26(34-7)17-21(2)28(20)36(33)30(5)14-15-35-19-27(32)31(6)22(3)24-9-8-23-10-12-29(4)13-11-25(23)18-24/h8-9,16-18,22H,10-15,19H2,1-7H3. The first-order valence-corrected chi connectivity index (χ1v) is 13.6. The molecule has 0 bridgehead atoms. The molecule has 0 saturated heterocycles. The third-order valence-electron chi connectivity index (χ3n) is 7.12. The second-order valence-electron chi connectivity index (χ2n) is 9.76. The van der Waals surface area contributed by atoms with E-state index in [-0.39, 0.29) is 18.6 Å². The number of hydrogen-bond acceptors (Lipinski definition) is 5. The number of rotatable bonds is 10. The van der Waals surface area contributed by atoms with Crippen LogP contribution in [0.2, 0.25) is 0 Å². The Morgan fingerprint density at radius 1 is 1.08 bits per heavy atom. The Morgan fingerprint density at radius 3 is 2.36 bits per heavy atom. The topological polar surface area (TPSA) is 62.3 Å². The van der Waals surface area contributed by atoms with Crippen molar-refractivity contribution in [2.45, 2.75) is 44.6 Å². The van der Waals surface area contributed by atoms with Crippen LogP contribution in [0.3, 0.4) is 0 Å². The maximum atomic E-state index is 13.1. The third-order valence-corrected chi connectivity index (χ3v) is 8.86. The van der Waals surface area contributed by atoms with E-state index in [9.17, 15) is 9.00 Å². The van der Waals surface area contributed by atoms with Crippen molar-refractivity contribution < 1.29 is 18.5 Å². The van der Waals surface area contributed by atoms with Gasteiger partial charge in [-0.15, -0.1) is 0 Å². The molecule has 1 heterocycles. The highest BCUT2D eigenvalue weighted by molar-refractivity contribution is 7.82. The Bertz CT molecular complexity index is 1070. The summed E-state index contributed by atoms with van der Waals surface area (Å²) in [5.74, 6) is 0.690. The van der Waals surface area contributed by atoms with Crippen LogP contribution in [-0.2, 0) is 33.4 Å². The van der Waals surface area contributed by atoms with Gasteiger partial charge in [0.25, 0.3) is 0 Å². The van der Waals surface area contributed by atoms with Crippen LogP contribution in [0.4, 0.5) is 0 Å². The SMILES string of the molecule is COc1cc(C)c(S(=O)N(C)CCOCC(=O)N(C)C(C)c2ccc3c(c2)CCN(C)CC3)c(C)c1. The lowest BCUT2D eigenvalue weighted by molar-refractivity contribution is -0.136. The van der Waals surface area contributed by atoms with Crippen LogP contribution in [0.1, 0.15) is 40.8 Å². The molecule has 0 aromatic heterocycles. The molecule has 7 nitrogen and oxygen atoms in total. The van der Waals surface area contributed by atoms with Crippen LogP contribution < -0.4 is 4.74 Å². The minimum absolute atomic E-state index is 0.00234. The van der Waals surface area contributed by atoms with Gasteiger partial charge in [0.05, 0.1) is 24.7 Å². The monoisotopic (exact) mass is 515 g/mol. The number of hydrogen-bond donors (Lipinski definition) is 0. The molecule has 36 heavy (non-hydrogen) atoms. The number of amides is 1. The van der Waals surface area contributed by atoms with E-state index in [0.717, 1.165) is 53.3 Å². The molecule has 2 aromatic carbocycles. The van der Waals surface area contributed by atoms with E-state index in [1.807, 2.05) is 33.0 Å². The van der Waals surface area contributed by atoms with Crippen molar-refractivity contribution in [2.75, 3.05) is 61.1 Å². The predicted molar refractivity (Wildman–Crippen MR) is 145 cm³/mol. The molecule has 8 heteroatoms. The smallest absolute Gasteiger partial charge is 0.248 e. The first kappa shape index (κ1) is 28.3. The zero-order valence-corrected chi connectivity index (χ0v) is 23.6. The van der Waals surface area contributed by atoms with E-state index >= 15 is 0 Å². The Hall–Kier alpha value is -2.26. The van der Waals surface area contributed by atoms with Crippen LogP contribution in [0.25, 0.3) is 0 Å². The fourth-order valence-corrected chi connectivity index (χ4v) is 5.77. The van der Waals surface area contributed by atoms with Gasteiger partial charge in [0.15, 0.2) is 0 Å². The lowest BCUT2D eigenvalue weighted by atomic mass is 9.97. The number of nitrogens with zero attached hydrogens (tertiary/aromatic N) is 3. The van der Waals surface area contributed by atoms with Gasteiger partial charge in [-0.05, 0) is 80.6 Å². The molecule has 3 rings (SSSR count). The number of aryl methyl sites for hydroxylation is 2. The maximum absolute atomic E-state index is 13.1. The predicted octanol–water partition coefficient (Wildman–Crippen LogP) is 3.53. The Kier molecular flexibility index (Phi) is 10.1. The van der Waals surface area contributed by atoms with Gasteiger partial charge in [-0.3, -0.25) is 4.79 Å². The van der Waals surface area contributed by atoms with Gasteiger partial charge < -0.3 is 19.3 Å². The Morgan fingerprint density at radius 2 is 1.72 bits per heavy atom. The van der Waals surface area contributed by atoms with Gasteiger partial charge >= 0.3 is 0 Å². The van der Waals surface area contributed by atoms with Gasteiger partial charge in [0.1, 0.15) is 23.3 Å². The average molecular weight is 516 g/mol. The minimum atomic E-state index is -1.32. The molecule has 2 unspecified atom stereocenters. The number of likely N-dealkylation sites (N-methyl/N-ethyl adjacent to an activating group) is 3. The molecule has 0 spiro atoms. The highest BCUT2D eigenvalue weighted by Gasteiger charge is 2.21. The second-order valence-corrected chi connectivity index (χ2v) is 11.3. The number of benzene rings is 2. The van der Waals surface area contributed by atoms with Crippen LogP contribution in [-0.4, -0.2) is 85.3 Å². The highest BCUT2D eigenvalue weighted by Crippen LogP contribution is 2.26. The second kappa shape index (κ2) is 12.8. The van der Waals surface area contributed by atoms with Crippen LogP contribution in [0.15, 0.2) is 35.2 Å². The number of methoxy groups -OCH3 is 1. The average Bonchev–Trinajstić information content (AvgIpc) is 3.05. The fourth-order valence-electron chi connectivity index (χ4n) is 4.55. The van der Waals surface area contributed by atoms with Crippen molar-refractivity contribution in [3.05, 3.63) is 58.1 Å². The van der Waals surface area contributed by atoms with E-state index in [2.05, 4.69) is 37.1 Å². The van der Waals surface area contributed by atoms with Crippen LogP contribution in [0.5, 0.6) is 5.75 Å².